The predicted molar refractivity (Wildman–Crippen MR) is 139 cm³/mol. The maximum absolute atomic E-state index is 14.7. The third-order valence-electron chi connectivity index (χ3n) is 9.37. The van der Waals surface area contributed by atoms with Gasteiger partial charge in [0, 0.05) is 11.8 Å². The van der Waals surface area contributed by atoms with Gasteiger partial charge >= 0.3 is 0 Å². The van der Waals surface area contributed by atoms with Crippen molar-refractivity contribution in [2.24, 2.45) is 0 Å². The van der Waals surface area contributed by atoms with Crippen LogP contribution in [-0.4, -0.2) is 5.78 Å². The number of rotatable bonds is 0. The molecule has 0 spiro atoms. The molecular formula is C33H24O. The Morgan fingerprint density at radius 2 is 0.853 bits per heavy atom. The van der Waals surface area contributed by atoms with Crippen molar-refractivity contribution in [1.29, 1.82) is 0 Å². The molecule has 8 rings (SSSR count). The number of hydrogen-bond donors (Lipinski definition) is 0. The van der Waals surface area contributed by atoms with Crippen LogP contribution in [-0.2, 0) is 15.6 Å². The third kappa shape index (κ3) is 1.80. The zero-order valence-electron chi connectivity index (χ0n) is 19.3. The van der Waals surface area contributed by atoms with Gasteiger partial charge in [0.25, 0.3) is 0 Å². The highest BCUT2D eigenvalue weighted by Gasteiger charge is 2.73. The van der Waals surface area contributed by atoms with Crippen LogP contribution in [0.25, 0.3) is 32.7 Å². The lowest BCUT2D eigenvalue weighted by atomic mass is 9.56. The Labute approximate surface area is 199 Å². The molecule has 1 heteroatoms. The van der Waals surface area contributed by atoms with Gasteiger partial charge in [-0.2, -0.15) is 0 Å². The van der Waals surface area contributed by atoms with Crippen molar-refractivity contribution in [3.63, 3.8) is 0 Å². The van der Waals surface area contributed by atoms with E-state index in [1.54, 1.807) is 0 Å². The predicted octanol–water partition coefficient (Wildman–Crippen LogP) is 7.65. The molecule has 4 atom stereocenters. The van der Waals surface area contributed by atoms with Crippen LogP contribution in [0.3, 0.4) is 0 Å². The Balaban J connectivity index is 1.61. The molecule has 1 nitrogen and oxygen atoms in total. The van der Waals surface area contributed by atoms with E-state index >= 15 is 0 Å². The fraction of sp³-hybridized carbons (Fsp3) is 0.182. The van der Waals surface area contributed by atoms with Crippen molar-refractivity contribution in [2.45, 2.75) is 36.5 Å². The van der Waals surface area contributed by atoms with Gasteiger partial charge in [-0.25, -0.2) is 0 Å². The van der Waals surface area contributed by atoms with E-state index in [9.17, 15) is 4.79 Å². The number of fused-ring (bicyclic) bond motifs is 18. The summed E-state index contributed by atoms with van der Waals surface area (Å²) in [4.78, 5) is 14.7. The normalized spacial score (nSPS) is 28.0. The molecule has 162 valence electrons. The van der Waals surface area contributed by atoms with Crippen LogP contribution in [0.5, 0.6) is 0 Å². The van der Waals surface area contributed by atoms with Crippen molar-refractivity contribution in [2.75, 3.05) is 0 Å². The topological polar surface area (TPSA) is 17.1 Å². The zero-order chi connectivity index (χ0) is 22.8. The van der Waals surface area contributed by atoms with Gasteiger partial charge in [-0.1, -0.05) is 97.1 Å². The van der Waals surface area contributed by atoms with Crippen molar-refractivity contribution >= 4 is 27.3 Å². The van der Waals surface area contributed by atoms with Gasteiger partial charge in [0.05, 0.1) is 10.8 Å². The molecule has 3 aliphatic rings. The Hall–Kier alpha value is -3.71. The van der Waals surface area contributed by atoms with Gasteiger partial charge in [0.2, 0.25) is 0 Å². The minimum absolute atomic E-state index is 0.133. The van der Waals surface area contributed by atoms with Crippen LogP contribution in [0, 0.1) is 0 Å². The van der Waals surface area contributed by atoms with Gasteiger partial charge in [-0.15, -0.1) is 0 Å². The number of hydrogen-bond acceptors (Lipinski definition) is 1. The molecule has 0 N–H and O–H groups in total. The molecule has 1 saturated carbocycles. The van der Waals surface area contributed by atoms with E-state index in [0.717, 1.165) is 0 Å². The summed E-state index contributed by atoms with van der Waals surface area (Å²) in [6.45, 7) is 4.49. The van der Waals surface area contributed by atoms with Crippen LogP contribution in [0.4, 0.5) is 0 Å². The molecule has 5 aromatic carbocycles. The van der Waals surface area contributed by atoms with Crippen LogP contribution >= 0.6 is 0 Å². The van der Waals surface area contributed by atoms with E-state index in [2.05, 4.69) is 111 Å². The van der Waals surface area contributed by atoms with E-state index in [0.29, 0.717) is 5.78 Å². The monoisotopic (exact) mass is 436 g/mol. The fourth-order valence-corrected chi connectivity index (χ4v) is 8.25. The van der Waals surface area contributed by atoms with Crippen molar-refractivity contribution < 1.29 is 4.79 Å². The molecule has 0 aromatic heterocycles. The SMILES string of the molecule is C[C@@]12C(=O)[C@](C)(c3c1c1ccccc1c1ccccc31)[C@H]1c3ccccc3-c3ccccc3[C@@H]12. The van der Waals surface area contributed by atoms with Crippen LogP contribution < -0.4 is 0 Å². The first-order chi connectivity index (χ1) is 16.6. The van der Waals surface area contributed by atoms with Gasteiger partial charge in [0.15, 0.2) is 5.78 Å². The lowest BCUT2D eigenvalue weighted by molar-refractivity contribution is -0.124. The lowest BCUT2D eigenvalue weighted by Crippen LogP contribution is -2.36. The Kier molecular flexibility index (Phi) is 3.22. The molecule has 0 radical (unpaired) electrons. The molecule has 0 aliphatic heterocycles. The van der Waals surface area contributed by atoms with E-state index in [1.807, 2.05) is 0 Å². The molecular weight excluding hydrogens is 412 g/mol. The second kappa shape index (κ2) is 5.85. The summed E-state index contributed by atoms with van der Waals surface area (Å²) in [6.07, 6.45) is 0. The van der Waals surface area contributed by atoms with Crippen LogP contribution in [0.2, 0.25) is 0 Å². The number of carbonyl (C=O) groups excluding carboxylic acids is 1. The molecule has 2 bridgehead atoms. The smallest absolute Gasteiger partial charge is 0.154 e. The highest BCUT2D eigenvalue weighted by atomic mass is 16.1. The first-order valence-corrected chi connectivity index (χ1v) is 12.3. The summed E-state index contributed by atoms with van der Waals surface area (Å²) < 4.78 is 0. The second-order valence-electron chi connectivity index (χ2n) is 10.7. The van der Waals surface area contributed by atoms with Crippen LogP contribution in [0.1, 0.15) is 47.9 Å². The molecule has 0 saturated heterocycles. The standard InChI is InChI=1S/C33H24O/c1-32-27-23-15-7-3-11-19(23)21-13-5-9-17-25(21)29(27)33(2,31(32)34)30-26-18-10-6-14-22(26)20-12-4-8-16-24(20)28(30)32/h3-18,27,29H,1-2H3/t27-,29-,32-,33-/m0/s1. The average molecular weight is 437 g/mol. The fourth-order valence-electron chi connectivity index (χ4n) is 8.25. The highest BCUT2D eigenvalue weighted by molar-refractivity contribution is 6.21. The molecule has 0 amide bonds. The van der Waals surface area contributed by atoms with Gasteiger partial charge < -0.3 is 0 Å². The maximum Gasteiger partial charge on any atom is 0.154 e. The molecule has 34 heavy (non-hydrogen) atoms. The third-order valence-corrected chi connectivity index (χ3v) is 9.37. The lowest BCUT2D eigenvalue weighted by Gasteiger charge is -2.45. The largest absolute Gasteiger partial charge is 0.298 e. The quantitative estimate of drug-likeness (QED) is 0.228. The molecule has 0 heterocycles. The Morgan fingerprint density at radius 3 is 1.29 bits per heavy atom. The minimum atomic E-state index is -0.567. The Bertz CT molecular complexity index is 1600. The van der Waals surface area contributed by atoms with Gasteiger partial charge in [-0.3, -0.25) is 4.79 Å². The molecule has 3 aliphatic carbocycles. The number of benzene rings is 5. The van der Waals surface area contributed by atoms with E-state index in [1.165, 1.54) is 54.9 Å². The summed E-state index contributed by atoms with van der Waals surface area (Å²) in [6, 6.07) is 35.0. The zero-order valence-corrected chi connectivity index (χ0v) is 19.3. The summed E-state index contributed by atoms with van der Waals surface area (Å²) in [5.41, 5.74) is 6.63. The van der Waals surface area contributed by atoms with Crippen LogP contribution in [0.15, 0.2) is 97.1 Å². The van der Waals surface area contributed by atoms with Crippen molar-refractivity contribution in [3.05, 3.63) is 119 Å². The summed E-state index contributed by atoms with van der Waals surface area (Å²) in [5.74, 6) is 0.652. The number of ketones is 1. The summed E-state index contributed by atoms with van der Waals surface area (Å²) >= 11 is 0. The van der Waals surface area contributed by atoms with Gasteiger partial charge in [0.1, 0.15) is 0 Å². The highest BCUT2D eigenvalue weighted by Crippen LogP contribution is 2.74. The van der Waals surface area contributed by atoms with E-state index in [4.69, 9.17) is 0 Å². The number of carbonyl (C=O) groups is 1. The van der Waals surface area contributed by atoms with Crippen molar-refractivity contribution in [3.8, 4) is 11.1 Å². The Morgan fingerprint density at radius 1 is 0.500 bits per heavy atom. The number of Topliss-reactive ketones (excluding diaryl/α,β-unsaturated/α-hetero) is 1. The molecule has 0 unspecified atom stereocenters. The first kappa shape index (κ1) is 18.7. The van der Waals surface area contributed by atoms with E-state index < -0.39 is 10.8 Å². The van der Waals surface area contributed by atoms with E-state index in [-0.39, 0.29) is 11.8 Å². The maximum atomic E-state index is 14.7. The minimum Gasteiger partial charge on any atom is -0.298 e. The second-order valence-corrected chi connectivity index (χ2v) is 10.7. The van der Waals surface area contributed by atoms with Gasteiger partial charge in [-0.05, 0) is 68.8 Å². The first-order valence-electron chi connectivity index (χ1n) is 12.3. The molecule has 1 fully saturated rings. The average Bonchev–Trinajstić information content (AvgIpc) is 3.19. The summed E-state index contributed by atoms with van der Waals surface area (Å²) in [5, 5.41) is 4.99. The van der Waals surface area contributed by atoms with Crippen molar-refractivity contribution in [1.82, 2.24) is 0 Å². The molecule has 5 aromatic rings. The summed E-state index contributed by atoms with van der Waals surface area (Å²) in [7, 11) is 0.